The average Bonchev–Trinajstić information content (AvgIpc) is 3.35. The smallest absolute Gasteiger partial charge is 0.160 e. The lowest BCUT2D eigenvalue weighted by Crippen LogP contribution is -2.06. The number of hydrogen-bond donors (Lipinski definition) is 0. The lowest BCUT2D eigenvalue weighted by molar-refractivity contribution is 1.18. The Kier molecular flexibility index (Phi) is 7.56. The van der Waals surface area contributed by atoms with Gasteiger partial charge in [0.05, 0.1) is 22.4 Å². The summed E-state index contributed by atoms with van der Waals surface area (Å²) in [4.78, 5) is 10.4. The fourth-order valence-electron chi connectivity index (χ4n) is 7.09. The summed E-state index contributed by atoms with van der Waals surface area (Å²) in [6, 6.07) is 64.3. The highest BCUT2D eigenvalue weighted by atomic mass is 15.0. The van der Waals surface area contributed by atoms with E-state index in [0.29, 0.717) is 6.42 Å². The Morgan fingerprint density at radius 3 is 1.80 bits per heavy atom. The normalized spacial score (nSPS) is 13.1. The number of benzene rings is 7. The molecule has 0 fully saturated rings. The minimum absolute atomic E-state index is 0.670. The fourth-order valence-corrected chi connectivity index (χ4v) is 7.09. The first-order chi connectivity index (χ1) is 24.8. The van der Waals surface area contributed by atoms with Crippen LogP contribution in [0.15, 0.2) is 198 Å². The van der Waals surface area contributed by atoms with Crippen LogP contribution in [-0.2, 0) is 0 Å². The standard InChI is InChI=1S/C47H33N3/c1-4-15-33(16-5-1)43-28-29-44(49-47(48-43)34-17-6-2-7-18-34)40-24-11-10-23-39(40)37-20-14-19-35(31-37)36-27-30-46-42(32-36)41-25-12-13-26-45(41)50(46)38-21-8-3-9-22-38/h1-28,30-32H,29H2. The van der Waals surface area contributed by atoms with Gasteiger partial charge in [-0.2, -0.15) is 0 Å². The molecule has 0 N–H and O–H groups in total. The van der Waals surface area contributed by atoms with Gasteiger partial charge in [-0.3, -0.25) is 0 Å². The summed E-state index contributed by atoms with van der Waals surface area (Å²) >= 11 is 0. The Balaban J connectivity index is 1.14. The highest BCUT2D eigenvalue weighted by molar-refractivity contribution is 6.17. The molecule has 7 aromatic carbocycles. The first-order valence-corrected chi connectivity index (χ1v) is 17.1. The number of allylic oxidation sites excluding steroid dienone is 1. The van der Waals surface area contributed by atoms with E-state index in [0.717, 1.165) is 50.7 Å². The van der Waals surface area contributed by atoms with Gasteiger partial charge in [-0.15, -0.1) is 0 Å². The van der Waals surface area contributed by atoms with E-state index in [1.165, 1.54) is 32.9 Å². The van der Waals surface area contributed by atoms with E-state index < -0.39 is 0 Å². The summed E-state index contributed by atoms with van der Waals surface area (Å²) in [7, 11) is 0. The van der Waals surface area contributed by atoms with Crippen molar-refractivity contribution in [3.63, 3.8) is 0 Å². The molecule has 0 aliphatic carbocycles. The van der Waals surface area contributed by atoms with Crippen molar-refractivity contribution in [3.05, 3.63) is 205 Å². The molecule has 1 aliphatic rings. The minimum atomic E-state index is 0.670. The number of hydrogen-bond acceptors (Lipinski definition) is 2. The summed E-state index contributed by atoms with van der Waals surface area (Å²) in [5.41, 5.74) is 13.4. The zero-order valence-electron chi connectivity index (χ0n) is 27.4. The van der Waals surface area contributed by atoms with Crippen molar-refractivity contribution in [1.82, 2.24) is 4.57 Å². The number of aliphatic imine (C=N–C) groups is 2. The van der Waals surface area contributed by atoms with Crippen LogP contribution in [0.3, 0.4) is 0 Å². The fraction of sp³-hybridized carbons (Fsp3) is 0.0213. The van der Waals surface area contributed by atoms with Crippen molar-refractivity contribution in [2.45, 2.75) is 6.42 Å². The molecule has 1 aromatic heterocycles. The monoisotopic (exact) mass is 639 g/mol. The maximum absolute atomic E-state index is 5.26. The number of fused-ring (bicyclic) bond motifs is 3. The SMILES string of the molecule is C1=C(c2ccccc2)N=C(c2ccccc2)N=C(c2ccccc2-c2cccc(-c3ccc4c(c3)c3ccccc3n4-c3ccccc3)c2)C1. The Morgan fingerprint density at radius 1 is 0.400 bits per heavy atom. The highest BCUT2D eigenvalue weighted by Gasteiger charge is 2.18. The number of aromatic nitrogens is 1. The first-order valence-electron chi connectivity index (χ1n) is 17.1. The second kappa shape index (κ2) is 12.8. The zero-order valence-corrected chi connectivity index (χ0v) is 27.4. The summed E-state index contributed by atoms with van der Waals surface area (Å²) in [6.07, 6.45) is 2.88. The molecular formula is C47H33N3. The highest BCUT2D eigenvalue weighted by Crippen LogP contribution is 2.36. The molecule has 0 saturated heterocycles. The summed E-state index contributed by atoms with van der Waals surface area (Å²) in [5.74, 6) is 0.722. The largest absolute Gasteiger partial charge is 0.309 e. The summed E-state index contributed by atoms with van der Waals surface area (Å²) < 4.78 is 2.36. The lowest BCUT2D eigenvalue weighted by atomic mass is 9.92. The number of amidine groups is 1. The molecule has 236 valence electrons. The van der Waals surface area contributed by atoms with Crippen LogP contribution in [0.5, 0.6) is 0 Å². The Labute approximate surface area is 291 Å². The van der Waals surface area contributed by atoms with Crippen molar-refractivity contribution in [1.29, 1.82) is 0 Å². The van der Waals surface area contributed by atoms with E-state index in [1.54, 1.807) is 0 Å². The van der Waals surface area contributed by atoms with Crippen LogP contribution in [0.4, 0.5) is 0 Å². The van der Waals surface area contributed by atoms with Gasteiger partial charge >= 0.3 is 0 Å². The van der Waals surface area contributed by atoms with Crippen LogP contribution in [0.25, 0.3) is 55.4 Å². The van der Waals surface area contributed by atoms with Crippen molar-refractivity contribution in [3.8, 4) is 27.9 Å². The van der Waals surface area contributed by atoms with Gasteiger partial charge in [0.25, 0.3) is 0 Å². The molecule has 8 aromatic rings. The molecule has 50 heavy (non-hydrogen) atoms. The van der Waals surface area contributed by atoms with Gasteiger partial charge < -0.3 is 4.57 Å². The third kappa shape index (κ3) is 5.45. The minimum Gasteiger partial charge on any atom is -0.309 e. The van der Waals surface area contributed by atoms with E-state index in [1.807, 2.05) is 24.3 Å². The van der Waals surface area contributed by atoms with Gasteiger partial charge in [0.2, 0.25) is 0 Å². The third-order valence-electron chi connectivity index (χ3n) is 9.49. The maximum Gasteiger partial charge on any atom is 0.160 e. The molecule has 3 heteroatoms. The van der Waals surface area contributed by atoms with Gasteiger partial charge in [-0.05, 0) is 64.2 Å². The molecule has 0 atom stereocenters. The second-order valence-corrected chi connectivity index (χ2v) is 12.6. The first kappa shape index (κ1) is 29.6. The van der Waals surface area contributed by atoms with Gasteiger partial charge in [0, 0.05) is 34.0 Å². The molecule has 0 radical (unpaired) electrons. The van der Waals surface area contributed by atoms with Crippen molar-refractivity contribution < 1.29 is 0 Å². The molecule has 1 aliphatic heterocycles. The summed E-state index contributed by atoms with van der Waals surface area (Å²) in [5, 5.41) is 2.49. The van der Waals surface area contributed by atoms with Gasteiger partial charge in [-0.25, -0.2) is 9.98 Å². The van der Waals surface area contributed by atoms with Crippen LogP contribution < -0.4 is 0 Å². The molecule has 0 unspecified atom stereocenters. The van der Waals surface area contributed by atoms with E-state index >= 15 is 0 Å². The van der Waals surface area contributed by atoms with Crippen LogP contribution in [0.1, 0.15) is 23.1 Å². The molecule has 9 rings (SSSR count). The Bertz CT molecular complexity index is 2590. The van der Waals surface area contributed by atoms with Gasteiger partial charge in [0.15, 0.2) is 5.84 Å². The Morgan fingerprint density at radius 2 is 1.00 bits per heavy atom. The van der Waals surface area contributed by atoms with Crippen molar-refractivity contribution in [2.75, 3.05) is 0 Å². The molecule has 3 nitrogen and oxygen atoms in total. The molecular weight excluding hydrogens is 607 g/mol. The van der Waals surface area contributed by atoms with E-state index in [4.69, 9.17) is 9.98 Å². The van der Waals surface area contributed by atoms with E-state index in [2.05, 4.69) is 168 Å². The van der Waals surface area contributed by atoms with Crippen molar-refractivity contribution >= 4 is 39.1 Å². The molecule has 0 saturated carbocycles. The third-order valence-corrected chi connectivity index (χ3v) is 9.49. The number of nitrogens with zero attached hydrogens (tertiary/aromatic N) is 3. The molecule has 0 bridgehead atoms. The van der Waals surface area contributed by atoms with Crippen LogP contribution >= 0.6 is 0 Å². The maximum atomic E-state index is 5.26. The number of para-hydroxylation sites is 2. The topological polar surface area (TPSA) is 29.6 Å². The van der Waals surface area contributed by atoms with Crippen LogP contribution in [0, 0.1) is 0 Å². The van der Waals surface area contributed by atoms with Crippen LogP contribution in [0.2, 0.25) is 0 Å². The number of rotatable bonds is 6. The molecule has 2 heterocycles. The van der Waals surface area contributed by atoms with E-state index in [9.17, 15) is 0 Å². The van der Waals surface area contributed by atoms with E-state index in [-0.39, 0.29) is 0 Å². The average molecular weight is 640 g/mol. The van der Waals surface area contributed by atoms with Crippen LogP contribution in [-0.4, -0.2) is 16.1 Å². The zero-order chi connectivity index (χ0) is 33.3. The molecule has 0 spiro atoms. The second-order valence-electron chi connectivity index (χ2n) is 12.6. The quantitative estimate of drug-likeness (QED) is 0.173. The van der Waals surface area contributed by atoms with Gasteiger partial charge in [0.1, 0.15) is 0 Å². The summed E-state index contributed by atoms with van der Waals surface area (Å²) in [6.45, 7) is 0. The Hall–Kier alpha value is -6.58. The predicted molar refractivity (Wildman–Crippen MR) is 210 cm³/mol. The lowest BCUT2D eigenvalue weighted by Gasteiger charge is -2.13. The van der Waals surface area contributed by atoms with Crippen molar-refractivity contribution in [2.24, 2.45) is 9.98 Å². The van der Waals surface area contributed by atoms with Gasteiger partial charge in [-0.1, -0.05) is 152 Å². The predicted octanol–water partition coefficient (Wildman–Crippen LogP) is 11.8. The molecule has 0 amide bonds.